The van der Waals surface area contributed by atoms with Crippen molar-refractivity contribution in [1.82, 2.24) is 9.88 Å². The number of hydrogen-bond acceptors (Lipinski definition) is 1. The van der Waals surface area contributed by atoms with Crippen LogP contribution >= 0.6 is 0 Å². The van der Waals surface area contributed by atoms with Crippen molar-refractivity contribution in [2.45, 2.75) is 25.8 Å². The van der Waals surface area contributed by atoms with Crippen LogP contribution in [0.1, 0.15) is 30.9 Å². The molecular formula is C25H34N4O+2. The SMILES string of the molecule is CC[NH+]1CCN(C(=O)[C@@H](C)[NH2+]C[C@@H](c2ccccc2)c2c[nH]c3ccccc23)CC1. The van der Waals surface area contributed by atoms with Crippen molar-refractivity contribution < 1.29 is 15.0 Å². The Labute approximate surface area is 179 Å². The third-order valence-electron chi connectivity index (χ3n) is 6.60. The predicted octanol–water partition coefficient (Wildman–Crippen LogP) is 0.999. The number of aromatic amines is 1. The van der Waals surface area contributed by atoms with Gasteiger partial charge in [0.1, 0.15) is 0 Å². The van der Waals surface area contributed by atoms with Crippen LogP contribution in [0.25, 0.3) is 10.9 Å². The van der Waals surface area contributed by atoms with E-state index in [-0.39, 0.29) is 17.9 Å². The van der Waals surface area contributed by atoms with E-state index >= 15 is 0 Å². The van der Waals surface area contributed by atoms with E-state index in [1.807, 2.05) is 0 Å². The minimum Gasteiger partial charge on any atom is -0.361 e. The average Bonchev–Trinajstić information content (AvgIpc) is 3.23. The Morgan fingerprint density at radius 1 is 1.10 bits per heavy atom. The van der Waals surface area contributed by atoms with Crippen molar-refractivity contribution in [2.75, 3.05) is 39.3 Å². The van der Waals surface area contributed by atoms with Crippen molar-refractivity contribution in [3.8, 4) is 0 Å². The molecule has 1 aliphatic heterocycles. The van der Waals surface area contributed by atoms with E-state index in [1.165, 1.54) is 16.5 Å². The zero-order chi connectivity index (χ0) is 20.9. The first-order chi connectivity index (χ1) is 14.7. The summed E-state index contributed by atoms with van der Waals surface area (Å²) in [5.74, 6) is 0.509. The summed E-state index contributed by atoms with van der Waals surface area (Å²) in [7, 11) is 0. The van der Waals surface area contributed by atoms with Crippen molar-refractivity contribution in [3.05, 3.63) is 71.9 Å². The lowest BCUT2D eigenvalue weighted by Gasteiger charge is -2.32. The fourth-order valence-corrected chi connectivity index (χ4v) is 4.64. The molecule has 1 aromatic heterocycles. The largest absolute Gasteiger partial charge is 0.361 e. The summed E-state index contributed by atoms with van der Waals surface area (Å²) < 4.78 is 0. The van der Waals surface area contributed by atoms with Crippen molar-refractivity contribution in [1.29, 1.82) is 0 Å². The molecule has 1 aliphatic rings. The van der Waals surface area contributed by atoms with Gasteiger partial charge in [-0.15, -0.1) is 0 Å². The van der Waals surface area contributed by atoms with Gasteiger partial charge in [-0.2, -0.15) is 0 Å². The van der Waals surface area contributed by atoms with Gasteiger partial charge in [0.05, 0.1) is 45.2 Å². The number of aromatic nitrogens is 1. The first-order valence-electron chi connectivity index (χ1n) is 11.2. The highest BCUT2D eigenvalue weighted by atomic mass is 16.2. The maximum atomic E-state index is 13.0. The highest BCUT2D eigenvalue weighted by Crippen LogP contribution is 2.29. The van der Waals surface area contributed by atoms with E-state index in [0.717, 1.165) is 44.8 Å². The lowest BCUT2D eigenvalue weighted by molar-refractivity contribution is -0.902. The molecule has 4 rings (SSSR count). The second kappa shape index (κ2) is 9.45. The van der Waals surface area contributed by atoms with Crippen molar-refractivity contribution in [3.63, 3.8) is 0 Å². The van der Waals surface area contributed by atoms with E-state index in [2.05, 4.69) is 89.8 Å². The molecule has 4 N–H and O–H groups in total. The number of nitrogens with one attached hydrogen (secondary N) is 2. The highest BCUT2D eigenvalue weighted by molar-refractivity contribution is 5.84. The van der Waals surface area contributed by atoms with Crippen LogP contribution in [-0.4, -0.2) is 61.1 Å². The summed E-state index contributed by atoms with van der Waals surface area (Å²) in [5, 5.41) is 3.48. The van der Waals surface area contributed by atoms with E-state index in [4.69, 9.17) is 0 Å². The molecule has 158 valence electrons. The van der Waals surface area contributed by atoms with E-state index in [0.29, 0.717) is 0 Å². The van der Waals surface area contributed by atoms with Gasteiger partial charge in [0.2, 0.25) is 0 Å². The van der Waals surface area contributed by atoms with Crippen LogP contribution in [0.2, 0.25) is 0 Å². The summed E-state index contributed by atoms with van der Waals surface area (Å²) in [6, 6.07) is 19.0. The van der Waals surface area contributed by atoms with Crippen LogP contribution < -0.4 is 10.2 Å². The number of piperazine rings is 1. The number of fused-ring (bicyclic) bond motifs is 1. The fraction of sp³-hybridized carbons (Fsp3) is 0.400. The number of hydrogen-bond donors (Lipinski definition) is 3. The molecule has 0 spiro atoms. The zero-order valence-electron chi connectivity index (χ0n) is 18.1. The quantitative estimate of drug-likeness (QED) is 0.539. The molecule has 2 aromatic carbocycles. The molecule has 1 amide bonds. The Kier molecular flexibility index (Phi) is 6.50. The van der Waals surface area contributed by atoms with Gasteiger partial charge < -0.3 is 20.1 Å². The van der Waals surface area contributed by atoms with Crippen LogP contribution in [0.15, 0.2) is 60.8 Å². The van der Waals surface area contributed by atoms with Gasteiger partial charge >= 0.3 is 0 Å². The first kappa shape index (κ1) is 20.6. The molecule has 5 heteroatoms. The molecular weight excluding hydrogens is 372 g/mol. The lowest BCUT2D eigenvalue weighted by atomic mass is 9.90. The second-order valence-corrected chi connectivity index (χ2v) is 8.44. The third kappa shape index (κ3) is 4.42. The van der Waals surface area contributed by atoms with Gasteiger partial charge in [0.25, 0.3) is 5.91 Å². The minimum atomic E-state index is -0.0652. The molecule has 5 nitrogen and oxygen atoms in total. The lowest BCUT2D eigenvalue weighted by Crippen LogP contribution is -3.14. The number of para-hydroxylation sites is 1. The van der Waals surface area contributed by atoms with Gasteiger partial charge in [0, 0.05) is 17.1 Å². The maximum Gasteiger partial charge on any atom is 0.280 e. The molecule has 1 fully saturated rings. The predicted molar refractivity (Wildman–Crippen MR) is 121 cm³/mol. The number of nitrogens with zero attached hydrogens (tertiary/aromatic N) is 1. The van der Waals surface area contributed by atoms with Crippen LogP contribution in [0.5, 0.6) is 0 Å². The summed E-state index contributed by atoms with van der Waals surface area (Å²) in [4.78, 5) is 20.1. The Morgan fingerprint density at radius 2 is 1.80 bits per heavy atom. The Bertz CT molecular complexity index is 959. The Morgan fingerprint density at radius 3 is 2.53 bits per heavy atom. The average molecular weight is 407 g/mol. The number of nitrogens with two attached hydrogens (primary N) is 1. The van der Waals surface area contributed by atoms with Crippen molar-refractivity contribution in [2.24, 2.45) is 0 Å². The minimum absolute atomic E-state index is 0.0652. The van der Waals surface area contributed by atoms with Crippen LogP contribution in [0, 0.1) is 0 Å². The standard InChI is InChI=1S/C25H32N4O/c1-3-28-13-15-29(16-14-28)25(30)19(2)26-17-22(20-9-5-4-6-10-20)23-18-27-24-12-8-7-11-21(23)24/h4-12,18-19,22,26-27H,3,13-17H2,1-2H3/p+2/t19-,22+/m1/s1. The zero-order valence-corrected chi connectivity index (χ0v) is 18.1. The Hall–Kier alpha value is -2.63. The van der Waals surface area contributed by atoms with E-state index in [9.17, 15) is 4.79 Å². The maximum absolute atomic E-state index is 13.0. The van der Waals surface area contributed by atoms with Gasteiger partial charge in [-0.1, -0.05) is 48.5 Å². The molecule has 1 saturated heterocycles. The second-order valence-electron chi connectivity index (χ2n) is 8.44. The van der Waals surface area contributed by atoms with E-state index < -0.39 is 0 Å². The number of likely N-dealkylation sites (N-methyl/N-ethyl adjacent to an activating group) is 1. The molecule has 0 radical (unpaired) electrons. The number of carbonyl (C=O) groups excluding carboxylic acids is 1. The highest BCUT2D eigenvalue weighted by Gasteiger charge is 2.29. The Balaban J connectivity index is 1.48. The molecule has 30 heavy (non-hydrogen) atoms. The first-order valence-corrected chi connectivity index (χ1v) is 11.2. The van der Waals surface area contributed by atoms with Crippen LogP contribution in [0.3, 0.4) is 0 Å². The molecule has 0 aliphatic carbocycles. The summed E-state index contributed by atoms with van der Waals surface area (Å²) >= 11 is 0. The fourth-order valence-electron chi connectivity index (χ4n) is 4.64. The monoisotopic (exact) mass is 406 g/mol. The number of H-pyrrole nitrogens is 1. The topological polar surface area (TPSA) is 57.1 Å². The van der Waals surface area contributed by atoms with Crippen molar-refractivity contribution >= 4 is 16.8 Å². The van der Waals surface area contributed by atoms with Gasteiger partial charge in [-0.05, 0) is 31.0 Å². The molecule has 2 atom stereocenters. The summed E-state index contributed by atoms with van der Waals surface area (Å²) in [5.41, 5.74) is 3.75. The normalized spacial score (nSPS) is 17.2. The molecule has 2 heterocycles. The number of quaternary nitrogens is 2. The number of amides is 1. The number of rotatable bonds is 7. The number of carbonyl (C=O) groups is 1. The summed E-state index contributed by atoms with van der Waals surface area (Å²) in [6.45, 7) is 10.2. The van der Waals surface area contributed by atoms with E-state index in [1.54, 1.807) is 4.90 Å². The molecule has 0 unspecified atom stereocenters. The van der Waals surface area contributed by atoms with Gasteiger partial charge in [-0.3, -0.25) is 4.79 Å². The molecule has 0 saturated carbocycles. The van der Waals surface area contributed by atoms with Gasteiger partial charge in [-0.25, -0.2) is 0 Å². The van der Waals surface area contributed by atoms with Gasteiger partial charge in [0.15, 0.2) is 6.04 Å². The smallest absolute Gasteiger partial charge is 0.280 e. The molecule has 0 bridgehead atoms. The van der Waals surface area contributed by atoms with Crippen LogP contribution in [0.4, 0.5) is 0 Å². The molecule has 3 aromatic rings. The third-order valence-corrected chi connectivity index (χ3v) is 6.60. The summed E-state index contributed by atoms with van der Waals surface area (Å²) in [6.07, 6.45) is 2.13. The number of benzene rings is 2. The van der Waals surface area contributed by atoms with Crippen LogP contribution in [-0.2, 0) is 4.79 Å².